The molecule has 0 saturated carbocycles. The zero-order chi connectivity index (χ0) is 19.6. The van der Waals surface area contributed by atoms with E-state index in [1.807, 2.05) is 6.92 Å². The number of alkyl halides is 2. The van der Waals surface area contributed by atoms with Crippen LogP contribution in [-0.2, 0) is 13.7 Å². The molecule has 0 fully saturated rings. The van der Waals surface area contributed by atoms with E-state index in [0.717, 1.165) is 14.9 Å². The highest BCUT2D eigenvalue weighted by Gasteiger charge is 2.19. The third-order valence-electron chi connectivity index (χ3n) is 3.73. The van der Waals surface area contributed by atoms with Crippen LogP contribution in [0.15, 0.2) is 41.2 Å². The Kier molecular flexibility index (Phi) is 5.41. The molecule has 1 heterocycles. The predicted molar refractivity (Wildman–Crippen MR) is 93.8 cm³/mol. The molecule has 0 amide bonds. The van der Waals surface area contributed by atoms with E-state index < -0.39 is 12.3 Å². The molecule has 0 radical (unpaired) electrons. The standard InChI is InChI=1S/C17H15ClF2N4O3/c1-10-6-7-15(12(18)8-10)26-9-11-13(24-17(25)23(2)21-22-24)4-3-5-14(11)27-16(19)20/h3-8,16H,9H2,1-2H3. The van der Waals surface area contributed by atoms with E-state index in [1.54, 1.807) is 18.2 Å². The van der Waals surface area contributed by atoms with Gasteiger partial charge in [-0.25, -0.2) is 4.79 Å². The van der Waals surface area contributed by atoms with E-state index in [-0.39, 0.29) is 23.6 Å². The fourth-order valence-corrected chi connectivity index (χ4v) is 2.73. The molecule has 0 N–H and O–H groups in total. The van der Waals surface area contributed by atoms with Crippen molar-refractivity contribution in [3.05, 3.63) is 63.0 Å². The van der Waals surface area contributed by atoms with Gasteiger partial charge in [0.25, 0.3) is 0 Å². The fraction of sp³-hybridized carbons (Fsp3) is 0.235. The maximum atomic E-state index is 12.8. The van der Waals surface area contributed by atoms with Crippen LogP contribution >= 0.6 is 11.6 Å². The molecule has 3 rings (SSSR count). The number of ether oxygens (including phenoxy) is 2. The molecule has 0 bridgehead atoms. The summed E-state index contributed by atoms with van der Waals surface area (Å²) in [6.45, 7) is -1.34. The Bertz CT molecular complexity index is 1020. The van der Waals surface area contributed by atoms with Gasteiger partial charge in [-0.2, -0.15) is 18.1 Å². The number of benzene rings is 2. The maximum Gasteiger partial charge on any atom is 0.387 e. The van der Waals surface area contributed by atoms with Gasteiger partial charge < -0.3 is 9.47 Å². The zero-order valence-corrected chi connectivity index (χ0v) is 15.2. The van der Waals surface area contributed by atoms with Crippen LogP contribution in [0.1, 0.15) is 11.1 Å². The largest absolute Gasteiger partial charge is 0.487 e. The number of nitrogens with zero attached hydrogens (tertiary/aromatic N) is 4. The molecule has 10 heteroatoms. The maximum absolute atomic E-state index is 12.8. The van der Waals surface area contributed by atoms with Crippen LogP contribution in [0.2, 0.25) is 5.02 Å². The summed E-state index contributed by atoms with van der Waals surface area (Å²) in [6.07, 6.45) is 0. The lowest BCUT2D eigenvalue weighted by Crippen LogP contribution is -2.23. The van der Waals surface area contributed by atoms with Gasteiger partial charge in [-0.15, -0.1) is 0 Å². The average molecular weight is 397 g/mol. The first kappa shape index (κ1) is 18.8. The quantitative estimate of drug-likeness (QED) is 0.640. The van der Waals surface area contributed by atoms with Crippen molar-refractivity contribution in [2.75, 3.05) is 0 Å². The summed E-state index contributed by atoms with van der Waals surface area (Å²) in [5.74, 6) is 0.231. The molecule has 0 aliphatic rings. The van der Waals surface area contributed by atoms with Crippen LogP contribution in [0.3, 0.4) is 0 Å². The predicted octanol–water partition coefficient (Wildman–Crippen LogP) is 3.11. The first-order valence-electron chi connectivity index (χ1n) is 7.82. The zero-order valence-electron chi connectivity index (χ0n) is 14.4. The van der Waals surface area contributed by atoms with Gasteiger partial charge in [0, 0.05) is 7.05 Å². The van der Waals surface area contributed by atoms with Gasteiger partial charge in [-0.3, -0.25) is 0 Å². The Labute approximate surface area is 157 Å². The molecule has 0 aliphatic heterocycles. The van der Waals surface area contributed by atoms with Crippen LogP contribution in [-0.4, -0.2) is 26.4 Å². The topological polar surface area (TPSA) is 71.2 Å². The van der Waals surface area contributed by atoms with Crippen LogP contribution < -0.4 is 15.2 Å². The number of rotatable bonds is 6. The number of hydrogen-bond donors (Lipinski definition) is 0. The van der Waals surface area contributed by atoms with Gasteiger partial charge in [0.2, 0.25) is 0 Å². The lowest BCUT2D eigenvalue weighted by Gasteiger charge is -2.16. The van der Waals surface area contributed by atoms with Gasteiger partial charge in [-0.05, 0) is 47.2 Å². The van der Waals surface area contributed by atoms with Crippen LogP contribution in [0.4, 0.5) is 8.78 Å². The summed E-state index contributed by atoms with van der Waals surface area (Å²) in [6, 6.07) is 9.54. The Morgan fingerprint density at radius 1 is 1.19 bits per heavy atom. The van der Waals surface area contributed by atoms with E-state index in [2.05, 4.69) is 15.2 Å². The lowest BCUT2D eigenvalue weighted by atomic mass is 10.1. The van der Waals surface area contributed by atoms with Gasteiger partial charge in [0.15, 0.2) is 0 Å². The normalized spacial score (nSPS) is 11.0. The molecular formula is C17H15ClF2N4O3. The number of aromatic nitrogens is 4. The van der Waals surface area contributed by atoms with Crippen molar-refractivity contribution in [2.45, 2.75) is 20.1 Å². The Morgan fingerprint density at radius 3 is 2.59 bits per heavy atom. The number of halogens is 3. The molecule has 3 aromatic rings. The second-order valence-corrected chi connectivity index (χ2v) is 6.06. The molecule has 0 aliphatic carbocycles. The highest BCUT2D eigenvalue weighted by molar-refractivity contribution is 6.32. The number of tetrazole rings is 1. The first-order valence-corrected chi connectivity index (χ1v) is 8.19. The van der Waals surface area contributed by atoms with Crippen molar-refractivity contribution in [1.82, 2.24) is 19.8 Å². The molecule has 0 spiro atoms. The molecule has 0 unspecified atom stereocenters. The monoisotopic (exact) mass is 396 g/mol. The highest BCUT2D eigenvalue weighted by Crippen LogP contribution is 2.30. The van der Waals surface area contributed by atoms with Crippen LogP contribution in [0.5, 0.6) is 11.5 Å². The number of aryl methyl sites for hydroxylation is 2. The van der Waals surface area contributed by atoms with E-state index in [9.17, 15) is 13.6 Å². The molecule has 2 aromatic carbocycles. The second-order valence-electron chi connectivity index (χ2n) is 5.65. The minimum Gasteiger partial charge on any atom is -0.487 e. The smallest absolute Gasteiger partial charge is 0.387 e. The molecule has 27 heavy (non-hydrogen) atoms. The van der Waals surface area contributed by atoms with Crippen molar-refractivity contribution < 1.29 is 18.3 Å². The second kappa shape index (κ2) is 7.75. The average Bonchev–Trinajstić information content (AvgIpc) is 2.93. The molecular weight excluding hydrogens is 382 g/mol. The van der Waals surface area contributed by atoms with Crippen molar-refractivity contribution in [1.29, 1.82) is 0 Å². The lowest BCUT2D eigenvalue weighted by molar-refractivity contribution is -0.0508. The Balaban J connectivity index is 2.02. The van der Waals surface area contributed by atoms with Gasteiger partial charge >= 0.3 is 12.3 Å². The minimum absolute atomic E-state index is 0.136. The Hall–Kier alpha value is -2.94. The molecule has 1 aromatic heterocycles. The van der Waals surface area contributed by atoms with Gasteiger partial charge in [0.1, 0.15) is 18.1 Å². The van der Waals surface area contributed by atoms with Crippen molar-refractivity contribution in [3.63, 3.8) is 0 Å². The summed E-state index contributed by atoms with van der Waals surface area (Å²) in [4.78, 5) is 12.2. The van der Waals surface area contributed by atoms with Crippen molar-refractivity contribution >= 4 is 11.6 Å². The van der Waals surface area contributed by atoms with E-state index in [1.165, 1.54) is 25.2 Å². The van der Waals surface area contributed by atoms with Crippen LogP contribution in [0.25, 0.3) is 5.69 Å². The van der Waals surface area contributed by atoms with E-state index in [4.69, 9.17) is 16.3 Å². The molecule has 142 valence electrons. The van der Waals surface area contributed by atoms with Crippen molar-refractivity contribution in [2.24, 2.45) is 7.05 Å². The summed E-state index contributed by atoms with van der Waals surface area (Å²) in [7, 11) is 1.42. The third-order valence-corrected chi connectivity index (χ3v) is 4.03. The molecule has 0 atom stereocenters. The molecule has 0 saturated heterocycles. The fourth-order valence-electron chi connectivity index (χ4n) is 2.44. The minimum atomic E-state index is -3.04. The third kappa shape index (κ3) is 4.08. The van der Waals surface area contributed by atoms with E-state index >= 15 is 0 Å². The first-order chi connectivity index (χ1) is 12.9. The number of hydrogen-bond acceptors (Lipinski definition) is 5. The summed E-state index contributed by atoms with van der Waals surface area (Å²) in [5.41, 5.74) is 0.825. The summed E-state index contributed by atoms with van der Waals surface area (Å²) in [5, 5.41) is 7.75. The highest BCUT2D eigenvalue weighted by atomic mass is 35.5. The van der Waals surface area contributed by atoms with Crippen LogP contribution in [0, 0.1) is 6.92 Å². The summed E-state index contributed by atoms with van der Waals surface area (Å²) >= 11 is 6.15. The van der Waals surface area contributed by atoms with Gasteiger partial charge in [0.05, 0.1) is 16.3 Å². The molecule has 7 nitrogen and oxygen atoms in total. The Morgan fingerprint density at radius 2 is 1.96 bits per heavy atom. The SMILES string of the molecule is Cc1ccc(OCc2c(OC(F)F)cccc2-n2nnn(C)c2=O)c(Cl)c1. The van der Waals surface area contributed by atoms with E-state index in [0.29, 0.717) is 10.8 Å². The van der Waals surface area contributed by atoms with Crippen molar-refractivity contribution in [3.8, 4) is 17.2 Å². The summed E-state index contributed by atoms with van der Waals surface area (Å²) < 4.78 is 37.9. The van der Waals surface area contributed by atoms with Gasteiger partial charge in [-0.1, -0.05) is 23.7 Å².